The molecule has 0 heterocycles. The molecule has 2 N–H and O–H groups in total. The molecular formula is C14H19NO2. The molecule has 3 nitrogen and oxygen atoms in total. The Labute approximate surface area is 102 Å². The predicted molar refractivity (Wildman–Crippen MR) is 66.7 cm³/mol. The molecule has 1 fully saturated rings. The Balaban J connectivity index is 2.27. The Morgan fingerprint density at radius 3 is 2.65 bits per heavy atom. The van der Waals surface area contributed by atoms with Crippen LogP contribution < -0.4 is 5.73 Å². The lowest BCUT2D eigenvalue weighted by atomic mass is 9.89. The average molecular weight is 233 g/mol. The Morgan fingerprint density at radius 2 is 2.00 bits per heavy atom. The first-order valence-electron chi connectivity index (χ1n) is 6.17. The second-order valence-corrected chi connectivity index (χ2v) is 4.65. The van der Waals surface area contributed by atoms with Crippen LogP contribution in [0.1, 0.15) is 47.6 Å². The Bertz CT molecular complexity index is 397. The second-order valence-electron chi connectivity index (χ2n) is 4.65. The third-order valence-corrected chi connectivity index (χ3v) is 3.63. The summed E-state index contributed by atoms with van der Waals surface area (Å²) >= 11 is 0. The van der Waals surface area contributed by atoms with Crippen LogP contribution in [0.4, 0.5) is 0 Å². The van der Waals surface area contributed by atoms with Crippen LogP contribution in [-0.4, -0.2) is 13.1 Å². The van der Waals surface area contributed by atoms with Crippen molar-refractivity contribution in [1.82, 2.24) is 0 Å². The van der Waals surface area contributed by atoms with E-state index in [9.17, 15) is 4.79 Å². The lowest BCUT2D eigenvalue weighted by Crippen LogP contribution is -2.22. The van der Waals surface area contributed by atoms with Crippen LogP contribution in [0.15, 0.2) is 24.3 Å². The summed E-state index contributed by atoms with van der Waals surface area (Å²) in [7, 11) is 1.40. The van der Waals surface area contributed by atoms with Crippen molar-refractivity contribution >= 4 is 5.97 Å². The van der Waals surface area contributed by atoms with Crippen LogP contribution in [0.5, 0.6) is 0 Å². The SMILES string of the molecule is COC(=O)c1ccccc1[C@H](N)C1CCCC1. The molecule has 92 valence electrons. The van der Waals surface area contributed by atoms with Gasteiger partial charge in [-0.3, -0.25) is 0 Å². The summed E-state index contributed by atoms with van der Waals surface area (Å²) in [4.78, 5) is 11.7. The standard InChI is InChI=1S/C14H19NO2/c1-17-14(16)12-9-5-4-8-11(12)13(15)10-6-2-3-7-10/h4-5,8-10,13H,2-3,6-7,15H2,1H3/t13-/m1/s1. The summed E-state index contributed by atoms with van der Waals surface area (Å²) in [6.07, 6.45) is 4.82. The number of hydrogen-bond acceptors (Lipinski definition) is 3. The van der Waals surface area contributed by atoms with Gasteiger partial charge in [0.1, 0.15) is 0 Å². The number of benzene rings is 1. The molecule has 0 aromatic heterocycles. The van der Waals surface area contributed by atoms with E-state index >= 15 is 0 Å². The van der Waals surface area contributed by atoms with Gasteiger partial charge in [-0.05, 0) is 30.4 Å². The van der Waals surface area contributed by atoms with E-state index in [1.54, 1.807) is 6.07 Å². The van der Waals surface area contributed by atoms with Crippen LogP contribution in [0, 0.1) is 5.92 Å². The zero-order valence-corrected chi connectivity index (χ0v) is 10.2. The molecule has 0 radical (unpaired) electrons. The zero-order valence-electron chi connectivity index (χ0n) is 10.2. The van der Waals surface area contributed by atoms with Gasteiger partial charge in [-0.15, -0.1) is 0 Å². The van der Waals surface area contributed by atoms with Crippen LogP contribution in [0.2, 0.25) is 0 Å². The topological polar surface area (TPSA) is 52.3 Å². The van der Waals surface area contributed by atoms with Crippen molar-refractivity contribution in [1.29, 1.82) is 0 Å². The predicted octanol–water partition coefficient (Wildman–Crippen LogP) is 2.66. The number of rotatable bonds is 3. The van der Waals surface area contributed by atoms with E-state index < -0.39 is 0 Å². The first-order valence-corrected chi connectivity index (χ1v) is 6.17. The Morgan fingerprint density at radius 1 is 1.35 bits per heavy atom. The van der Waals surface area contributed by atoms with Gasteiger partial charge in [0.2, 0.25) is 0 Å². The van der Waals surface area contributed by atoms with Gasteiger partial charge in [0.15, 0.2) is 0 Å². The fourth-order valence-electron chi connectivity index (χ4n) is 2.65. The lowest BCUT2D eigenvalue weighted by molar-refractivity contribution is 0.0598. The van der Waals surface area contributed by atoms with E-state index in [0.717, 1.165) is 18.4 Å². The highest BCUT2D eigenvalue weighted by Crippen LogP contribution is 2.35. The minimum atomic E-state index is -0.297. The molecule has 2 rings (SSSR count). The minimum Gasteiger partial charge on any atom is -0.465 e. The maximum atomic E-state index is 11.7. The van der Waals surface area contributed by atoms with E-state index in [1.807, 2.05) is 18.2 Å². The normalized spacial score (nSPS) is 18.0. The van der Waals surface area contributed by atoms with Crippen LogP contribution in [0.3, 0.4) is 0 Å². The number of ether oxygens (including phenoxy) is 1. The highest BCUT2D eigenvalue weighted by atomic mass is 16.5. The molecule has 3 heteroatoms. The van der Waals surface area contributed by atoms with Gasteiger partial charge in [-0.2, -0.15) is 0 Å². The maximum Gasteiger partial charge on any atom is 0.338 e. The summed E-state index contributed by atoms with van der Waals surface area (Å²) in [6, 6.07) is 7.45. The Kier molecular flexibility index (Phi) is 3.79. The van der Waals surface area contributed by atoms with Crippen molar-refractivity contribution in [3.63, 3.8) is 0 Å². The first-order chi connectivity index (χ1) is 8.24. The van der Waals surface area contributed by atoms with E-state index in [4.69, 9.17) is 10.5 Å². The third-order valence-electron chi connectivity index (χ3n) is 3.63. The van der Waals surface area contributed by atoms with Gasteiger partial charge >= 0.3 is 5.97 Å². The molecule has 0 spiro atoms. The number of methoxy groups -OCH3 is 1. The number of hydrogen-bond donors (Lipinski definition) is 1. The number of carbonyl (C=O) groups is 1. The summed E-state index contributed by atoms with van der Waals surface area (Å²) < 4.78 is 4.80. The molecule has 1 aliphatic carbocycles. The summed E-state index contributed by atoms with van der Waals surface area (Å²) in [5.74, 6) is 0.204. The van der Waals surface area contributed by atoms with Crippen LogP contribution >= 0.6 is 0 Å². The third kappa shape index (κ3) is 2.50. The van der Waals surface area contributed by atoms with E-state index in [0.29, 0.717) is 11.5 Å². The summed E-state index contributed by atoms with van der Waals surface area (Å²) in [5.41, 5.74) is 7.81. The van der Waals surface area contributed by atoms with Crippen molar-refractivity contribution in [2.75, 3.05) is 7.11 Å². The van der Waals surface area contributed by atoms with Crippen molar-refractivity contribution < 1.29 is 9.53 Å². The molecule has 0 unspecified atom stereocenters. The molecule has 0 bridgehead atoms. The molecule has 1 aliphatic rings. The fraction of sp³-hybridized carbons (Fsp3) is 0.500. The minimum absolute atomic E-state index is 0.0483. The molecule has 1 aromatic carbocycles. The molecule has 0 aliphatic heterocycles. The van der Waals surface area contributed by atoms with Gasteiger partial charge in [-0.1, -0.05) is 31.0 Å². The molecule has 0 amide bonds. The van der Waals surface area contributed by atoms with Gasteiger partial charge < -0.3 is 10.5 Å². The van der Waals surface area contributed by atoms with Crippen LogP contribution in [-0.2, 0) is 4.74 Å². The quantitative estimate of drug-likeness (QED) is 0.816. The summed E-state index contributed by atoms with van der Waals surface area (Å²) in [5, 5.41) is 0. The Hall–Kier alpha value is -1.35. The fourth-order valence-corrected chi connectivity index (χ4v) is 2.65. The molecule has 17 heavy (non-hydrogen) atoms. The monoisotopic (exact) mass is 233 g/mol. The average Bonchev–Trinajstić information content (AvgIpc) is 2.91. The zero-order chi connectivity index (χ0) is 12.3. The highest BCUT2D eigenvalue weighted by molar-refractivity contribution is 5.91. The molecule has 1 saturated carbocycles. The largest absolute Gasteiger partial charge is 0.465 e. The van der Waals surface area contributed by atoms with Gasteiger partial charge in [0.05, 0.1) is 12.7 Å². The highest BCUT2D eigenvalue weighted by Gasteiger charge is 2.26. The van der Waals surface area contributed by atoms with Crippen molar-refractivity contribution in [3.05, 3.63) is 35.4 Å². The first kappa shape index (κ1) is 12.1. The number of carbonyl (C=O) groups excluding carboxylic acids is 1. The molecule has 0 saturated heterocycles. The molecule has 1 aromatic rings. The lowest BCUT2D eigenvalue weighted by Gasteiger charge is -2.21. The van der Waals surface area contributed by atoms with Crippen molar-refractivity contribution in [2.24, 2.45) is 11.7 Å². The van der Waals surface area contributed by atoms with Crippen LogP contribution in [0.25, 0.3) is 0 Å². The van der Waals surface area contributed by atoms with Gasteiger partial charge in [0.25, 0.3) is 0 Å². The smallest absolute Gasteiger partial charge is 0.338 e. The van der Waals surface area contributed by atoms with Gasteiger partial charge in [-0.25, -0.2) is 4.79 Å². The van der Waals surface area contributed by atoms with E-state index in [2.05, 4.69) is 0 Å². The molecule has 1 atom stereocenters. The number of nitrogens with two attached hydrogens (primary N) is 1. The summed E-state index contributed by atoms with van der Waals surface area (Å²) in [6.45, 7) is 0. The maximum absolute atomic E-state index is 11.7. The van der Waals surface area contributed by atoms with E-state index in [-0.39, 0.29) is 12.0 Å². The molecular weight excluding hydrogens is 214 g/mol. The number of esters is 1. The van der Waals surface area contributed by atoms with Gasteiger partial charge in [0, 0.05) is 6.04 Å². The van der Waals surface area contributed by atoms with Crippen molar-refractivity contribution in [2.45, 2.75) is 31.7 Å². The van der Waals surface area contributed by atoms with Crippen molar-refractivity contribution in [3.8, 4) is 0 Å². The van der Waals surface area contributed by atoms with E-state index in [1.165, 1.54) is 20.0 Å². The second kappa shape index (κ2) is 5.32.